The summed E-state index contributed by atoms with van der Waals surface area (Å²) >= 11 is 0. The quantitative estimate of drug-likeness (QED) is 0.482. The van der Waals surface area contributed by atoms with E-state index >= 15 is 0 Å². The lowest BCUT2D eigenvalue weighted by Crippen LogP contribution is -2.55. The van der Waals surface area contributed by atoms with E-state index in [4.69, 9.17) is 4.74 Å². The average molecular weight is 465 g/mol. The molecule has 2 aromatic carbocycles. The lowest BCUT2D eigenvalue weighted by molar-refractivity contribution is -0.148. The van der Waals surface area contributed by atoms with Crippen LogP contribution in [0.15, 0.2) is 48.5 Å². The van der Waals surface area contributed by atoms with Crippen LogP contribution in [0.25, 0.3) is 11.1 Å². The monoisotopic (exact) mass is 464 g/mol. The first-order valence-corrected chi connectivity index (χ1v) is 12.0. The van der Waals surface area contributed by atoms with E-state index in [0.29, 0.717) is 6.42 Å². The number of carbonyl (C=O) groups excluding carboxylic acids is 2. The molecule has 2 aliphatic rings. The number of amides is 2. The Balaban J connectivity index is 1.35. The van der Waals surface area contributed by atoms with Gasteiger partial charge in [-0.2, -0.15) is 0 Å². The molecule has 2 aromatic rings. The summed E-state index contributed by atoms with van der Waals surface area (Å²) in [5.74, 6) is -1.50. The van der Waals surface area contributed by atoms with Crippen molar-refractivity contribution < 1.29 is 24.2 Å². The number of carbonyl (C=O) groups is 3. The molecule has 7 nitrogen and oxygen atoms in total. The Bertz CT molecular complexity index is 1030. The van der Waals surface area contributed by atoms with E-state index in [2.05, 4.69) is 34.9 Å². The molecule has 0 spiro atoms. The van der Waals surface area contributed by atoms with Gasteiger partial charge in [0.05, 0.1) is 0 Å². The largest absolute Gasteiger partial charge is 0.480 e. The molecular formula is C27H32N2O5. The van der Waals surface area contributed by atoms with Gasteiger partial charge in [0, 0.05) is 18.4 Å². The number of fused-ring (bicyclic) bond motifs is 3. The zero-order chi connectivity index (χ0) is 24.3. The van der Waals surface area contributed by atoms with Crippen molar-refractivity contribution in [2.45, 2.75) is 63.5 Å². The molecule has 180 valence electrons. The Kier molecular flexibility index (Phi) is 6.91. The Morgan fingerprint density at radius 1 is 1.06 bits per heavy atom. The van der Waals surface area contributed by atoms with Crippen LogP contribution in [0.2, 0.25) is 0 Å². The van der Waals surface area contributed by atoms with Gasteiger partial charge in [-0.25, -0.2) is 9.59 Å². The topological polar surface area (TPSA) is 105 Å². The normalized spacial score (nSPS) is 17.1. The van der Waals surface area contributed by atoms with Gasteiger partial charge in [0.15, 0.2) is 0 Å². The fraction of sp³-hybridized carbons (Fsp3) is 0.444. The lowest BCUT2D eigenvalue weighted by atomic mass is 9.95. The van der Waals surface area contributed by atoms with Crippen LogP contribution in [0.5, 0.6) is 0 Å². The molecular weight excluding hydrogens is 432 g/mol. The minimum absolute atomic E-state index is 0.00756. The number of nitrogens with one attached hydrogen (secondary N) is 2. The molecule has 3 N–H and O–H groups in total. The summed E-state index contributed by atoms with van der Waals surface area (Å²) in [7, 11) is 0. The number of hydrogen-bond donors (Lipinski definition) is 3. The number of aliphatic carboxylic acids is 1. The fourth-order valence-corrected chi connectivity index (χ4v) is 4.94. The summed E-state index contributed by atoms with van der Waals surface area (Å²) in [4.78, 5) is 37.0. The van der Waals surface area contributed by atoms with Gasteiger partial charge < -0.3 is 20.5 Å². The van der Waals surface area contributed by atoms with Crippen molar-refractivity contribution in [3.63, 3.8) is 0 Å². The van der Waals surface area contributed by atoms with E-state index in [1.165, 1.54) is 0 Å². The van der Waals surface area contributed by atoms with Crippen LogP contribution in [-0.4, -0.2) is 41.3 Å². The van der Waals surface area contributed by atoms with Crippen molar-refractivity contribution in [1.29, 1.82) is 0 Å². The number of alkyl carbamates (subject to hydrolysis) is 1. The molecule has 34 heavy (non-hydrogen) atoms. The van der Waals surface area contributed by atoms with Crippen molar-refractivity contribution in [1.82, 2.24) is 10.6 Å². The van der Waals surface area contributed by atoms with Crippen LogP contribution < -0.4 is 10.6 Å². The van der Waals surface area contributed by atoms with Crippen LogP contribution >= 0.6 is 0 Å². The first kappa shape index (κ1) is 23.8. The van der Waals surface area contributed by atoms with Crippen LogP contribution in [0.1, 0.15) is 63.0 Å². The Labute approximate surface area is 199 Å². The summed E-state index contributed by atoms with van der Waals surface area (Å²) < 4.78 is 5.61. The van der Waals surface area contributed by atoms with E-state index in [1.807, 2.05) is 31.2 Å². The highest BCUT2D eigenvalue weighted by atomic mass is 16.5. The molecule has 1 unspecified atom stereocenters. The molecule has 0 heterocycles. The second kappa shape index (κ2) is 9.87. The van der Waals surface area contributed by atoms with E-state index in [0.717, 1.165) is 41.5 Å². The molecule has 4 rings (SSSR count). The van der Waals surface area contributed by atoms with Crippen LogP contribution in [-0.2, 0) is 14.3 Å². The second-order valence-electron chi connectivity index (χ2n) is 9.49. The molecule has 2 aliphatic carbocycles. The minimum Gasteiger partial charge on any atom is -0.480 e. The highest BCUT2D eigenvalue weighted by Crippen LogP contribution is 2.44. The average Bonchev–Trinajstić information content (AvgIpc) is 3.61. The summed E-state index contributed by atoms with van der Waals surface area (Å²) in [6, 6.07) is 15.8. The van der Waals surface area contributed by atoms with Gasteiger partial charge in [-0.15, -0.1) is 0 Å². The van der Waals surface area contributed by atoms with Crippen LogP contribution in [0.3, 0.4) is 0 Å². The third-order valence-electron chi connectivity index (χ3n) is 6.97. The van der Waals surface area contributed by atoms with E-state index in [-0.39, 0.29) is 30.8 Å². The van der Waals surface area contributed by atoms with Gasteiger partial charge in [-0.3, -0.25) is 4.79 Å². The predicted molar refractivity (Wildman–Crippen MR) is 128 cm³/mol. The van der Waals surface area contributed by atoms with Crippen molar-refractivity contribution in [3.8, 4) is 11.1 Å². The zero-order valence-corrected chi connectivity index (χ0v) is 19.7. The number of ether oxygens (including phenoxy) is 1. The van der Waals surface area contributed by atoms with Crippen molar-refractivity contribution in [3.05, 3.63) is 59.7 Å². The summed E-state index contributed by atoms with van der Waals surface area (Å²) in [5.41, 5.74) is 3.31. The smallest absolute Gasteiger partial charge is 0.407 e. The molecule has 1 fully saturated rings. The Hall–Kier alpha value is -3.35. The highest BCUT2D eigenvalue weighted by molar-refractivity contribution is 5.87. The molecule has 2 atom stereocenters. The van der Waals surface area contributed by atoms with Gasteiger partial charge in [0.25, 0.3) is 0 Å². The van der Waals surface area contributed by atoms with Crippen molar-refractivity contribution >= 4 is 18.0 Å². The van der Waals surface area contributed by atoms with E-state index in [1.54, 1.807) is 6.92 Å². The summed E-state index contributed by atoms with van der Waals surface area (Å²) in [6.07, 6.45) is 2.37. The molecule has 1 saturated carbocycles. The Morgan fingerprint density at radius 2 is 1.65 bits per heavy atom. The standard InChI is InChI=1S/C27H32N2O5/c1-3-8-18(15-24(30)29-27(2,25(31)32)17-13-14-17)28-26(33)34-16-23-21-11-6-4-9-19(21)20-10-5-7-12-22(20)23/h4-7,9-12,17-18,23H,3,8,13-16H2,1-2H3,(H,28,33)(H,29,30)(H,31,32)/t18-,27?/m1/s1. The molecule has 0 aliphatic heterocycles. The number of hydrogen-bond acceptors (Lipinski definition) is 4. The van der Waals surface area contributed by atoms with Crippen molar-refractivity contribution in [2.75, 3.05) is 6.61 Å². The number of carboxylic acid groups (broad SMARTS) is 1. The third kappa shape index (κ3) is 4.93. The summed E-state index contributed by atoms with van der Waals surface area (Å²) in [6.45, 7) is 3.72. The molecule has 0 saturated heterocycles. The SMILES string of the molecule is CCC[C@H](CC(=O)NC(C)(C(=O)O)C1CC1)NC(=O)OCC1c2ccccc2-c2ccccc21. The number of carboxylic acids is 1. The predicted octanol–water partition coefficient (Wildman–Crippen LogP) is 4.45. The van der Waals surface area contributed by atoms with Gasteiger partial charge >= 0.3 is 12.1 Å². The van der Waals surface area contributed by atoms with Gasteiger partial charge in [0.2, 0.25) is 5.91 Å². The zero-order valence-electron chi connectivity index (χ0n) is 19.7. The molecule has 0 radical (unpaired) electrons. The maximum absolute atomic E-state index is 12.6. The molecule has 2 amide bonds. The summed E-state index contributed by atoms with van der Waals surface area (Å²) in [5, 5.41) is 15.1. The first-order chi connectivity index (χ1) is 16.3. The molecule has 7 heteroatoms. The highest BCUT2D eigenvalue weighted by Gasteiger charge is 2.48. The first-order valence-electron chi connectivity index (χ1n) is 12.0. The third-order valence-corrected chi connectivity index (χ3v) is 6.97. The lowest BCUT2D eigenvalue weighted by Gasteiger charge is -2.27. The van der Waals surface area contributed by atoms with E-state index < -0.39 is 23.6 Å². The number of benzene rings is 2. The maximum atomic E-state index is 12.6. The molecule has 0 bridgehead atoms. The maximum Gasteiger partial charge on any atom is 0.407 e. The van der Waals surface area contributed by atoms with Crippen LogP contribution in [0, 0.1) is 5.92 Å². The van der Waals surface area contributed by atoms with Gasteiger partial charge in [-0.05, 0) is 54.4 Å². The van der Waals surface area contributed by atoms with Crippen LogP contribution in [0.4, 0.5) is 4.79 Å². The number of rotatable bonds is 10. The molecule has 0 aromatic heterocycles. The second-order valence-corrected chi connectivity index (χ2v) is 9.49. The van der Waals surface area contributed by atoms with Crippen molar-refractivity contribution in [2.24, 2.45) is 5.92 Å². The fourth-order valence-electron chi connectivity index (χ4n) is 4.94. The Morgan fingerprint density at radius 3 is 2.18 bits per heavy atom. The van der Waals surface area contributed by atoms with Gasteiger partial charge in [0.1, 0.15) is 12.1 Å². The van der Waals surface area contributed by atoms with E-state index in [9.17, 15) is 19.5 Å². The van der Waals surface area contributed by atoms with Gasteiger partial charge in [-0.1, -0.05) is 61.9 Å². The minimum atomic E-state index is -1.27.